The van der Waals surface area contributed by atoms with Crippen LogP contribution in [0.3, 0.4) is 0 Å². The molecule has 3 heterocycles. The second-order valence-electron chi connectivity index (χ2n) is 3.65. The Balaban J connectivity index is 2.21. The third-order valence-corrected chi connectivity index (χ3v) is 3.15. The summed E-state index contributed by atoms with van der Waals surface area (Å²) in [6.07, 6.45) is 2.53. The van der Waals surface area contributed by atoms with Gasteiger partial charge >= 0.3 is 0 Å². The fourth-order valence-electron chi connectivity index (χ4n) is 2.45. The van der Waals surface area contributed by atoms with Crippen LogP contribution in [-0.2, 0) is 0 Å². The van der Waals surface area contributed by atoms with Crippen molar-refractivity contribution < 1.29 is 0 Å². The van der Waals surface area contributed by atoms with Crippen molar-refractivity contribution in [2.75, 3.05) is 19.6 Å². The first-order valence-corrected chi connectivity index (χ1v) is 4.59. The van der Waals surface area contributed by atoms with Gasteiger partial charge in [-0.15, -0.1) is 0 Å². The van der Waals surface area contributed by atoms with E-state index >= 15 is 0 Å². The zero-order chi connectivity index (χ0) is 8.55. The van der Waals surface area contributed by atoms with Gasteiger partial charge in [0.2, 0.25) is 0 Å². The van der Waals surface area contributed by atoms with Crippen LogP contribution in [-0.4, -0.2) is 30.4 Å². The molecule has 0 aliphatic carbocycles. The smallest absolute Gasteiger partial charge is 0.129 e. The first-order chi connectivity index (χ1) is 5.86. The molecule has 0 aromatic carbocycles. The highest BCUT2D eigenvalue weighted by Gasteiger charge is 2.38. The lowest BCUT2D eigenvalue weighted by molar-refractivity contribution is 0.173. The van der Waals surface area contributed by atoms with Crippen LogP contribution in [0, 0.1) is 11.8 Å². The molecule has 4 heteroatoms. The molecule has 68 valence electrons. The van der Waals surface area contributed by atoms with Crippen LogP contribution >= 0.6 is 0 Å². The van der Waals surface area contributed by atoms with Crippen molar-refractivity contribution in [3.8, 4) is 0 Å². The average molecular weight is 168 g/mol. The standard InChI is InChI=1S/C8H16N4/c9-5-7-6-1-3-12(4-2-6)8(7)11-10/h6-7H,1-5,9-10H2/b11-8-. The van der Waals surface area contributed by atoms with Crippen LogP contribution in [0.4, 0.5) is 0 Å². The maximum absolute atomic E-state index is 5.69. The number of hydrogen-bond acceptors (Lipinski definition) is 3. The van der Waals surface area contributed by atoms with E-state index < -0.39 is 0 Å². The van der Waals surface area contributed by atoms with E-state index in [1.165, 1.54) is 12.8 Å². The van der Waals surface area contributed by atoms with Gasteiger partial charge < -0.3 is 16.5 Å². The third kappa shape index (κ3) is 0.982. The van der Waals surface area contributed by atoms with Crippen molar-refractivity contribution in [2.45, 2.75) is 12.8 Å². The molecule has 12 heavy (non-hydrogen) atoms. The van der Waals surface area contributed by atoms with Gasteiger partial charge in [0.05, 0.1) is 0 Å². The van der Waals surface area contributed by atoms with Gasteiger partial charge in [0.15, 0.2) is 0 Å². The Kier molecular flexibility index (Phi) is 1.92. The summed E-state index contributed by atoms with van der Waals surface area (Å²) in [6, 6.07) is 0. The molecule has 3 aliphatic rings. The van der Waals surface area contributed by atoms with Crippen LogP contribution in [0.1, 0.15) is 12.8 Å². The molecule has 2 bridgehead atoms. The molecule has 3 rings (SSSR count). The Labute approximate surface area is 72.6 Å². The minimum absolute atomic E-state index is 0.428. The lowest BCUT2D eigenvalue weighted by Crippen LogP contribution is -2.54. The molecule has 3 aliphatic heterocycles. The monoisotopic (exact) mass is 168 g/mol. The largest absolute Gasteiger partial charge is 0.358 e. The molecule has 0 aromatic rings. The predicted octanol–water partition coefficient (Wildman–Crippen LogP) is -0.441. The summed E-state index contributed by atoms with van der Waals surface area (Å²) in [5.74, 6) is 7.55. The number of hydrazone groups is 1. The van der Waals surface area contributed by atoms with Gasteiger partial charge in [-0.3, -0.25) is 0 Å². The van der Waals surface area contributed by atoms with Gasteiger partial charge in [0.25, 0.3) is 0 Å². The van der Waals surface area contributed by atoms with Gasteiger partial charge in [0, 0.05) is 25.6 Å². The van der Waals surface area contributed by atoms with Gasteiger partial charge in [-0.1, -0.05) is 0 Å². The summed E-state index contributed by atoms with van der Waals surface area (Å²) in [5.41, 5.74) is 5.69. The summed E-state index contributed by atoms with van der Waals surface area (Å²) < 4.78 is 0. The summed E-state index contributed by atoms with van der Waals surface area (Å²) in [4.78, 5) is 2.28. The highest BCUT2D eigenvalue weighted by molar-refractivity contribution is 5.86. The van der Waals surface area contributed by atoms with Crippen LogP contribution in [0.2, 0.25) is 0 Å². The number of fused-ring (bicyclic) bond motifs is 3. The first kappa shape index (κ1) is 7.86. The Morgan fingerprint density at radius 3 is 2.50 bits per heavy atom. The Morgan fingerprint density at radius 1 is 1.42 bits per heavy atom. The van der Waals surface area contributed by atoms with Gasteiger partial charge in [-0.05, 0) is 18.8 Å². The van der Waals surface area contributed by atoms with Crippen LogP contribution in [0.5, 0.6) is 0 Å². The molecule has 0 amide bonds. The van der Waals surface area contributed by atoms with E-state index in [4.69, 9.17) is 11.6 Å². The summed E-state index contributed by atoms with van der Waals surface area (Å²) in [6.45, 7) is 2.94. The van der Waals surface area contributed by atoms with E-state index in [0.29, 0.717) is 12.5 Å². The maximum Gasteiger partial charge on any atom is 0.129 e. The van der Waals surface area contributed by atoms with E-state index in [9.17, 15) is 0 Å². The van der Waals surface area contributed by atoms with Gasteiger partial charge in [-0.2, -0.15) is 5.10 Å². The molecule has 4 N–H and O–H groups in total. The second-order valence-corrected chi connectivity index (χ2v) is 3.65. The first-order valence-electron chi connectivity index (χ1n) is 4.59. The number of nitrogens with two attached hydrogens (primary N) is 2. The zero-order valence-electron chi connectivity index (χ0n) is 7.24. The molecule has 1 unspecified atom stereocenters. The normalized spacial score (nSPS) is 37.8. The molecule has 0 aromatic heterocycles. The van der Waals surface area contributed by atoms with Crippen molar-refractivity contribution in [1.82, 2.24) is 4.90 Å². The molecule has 4 nitrogen and oxygen atoms in total. The predicted molar refractivity (Wildman–Crippen MR) is 48.5 cm³/mol. The van der Waals surface area contributed by atoms with Gasteiger partial charge in [-0.25, -0.2) is 0 Å². The van der Waals surface area contributed by atoms with E-state index in [-0.39, 0.29) is 0 Å². The molecule has 0 spiro atoms. The zero-order valence-corrected chi connectivity index (χ0v) is 7.24. The molecule has 1 atom stereocenters. The lowest BCUT2D eigenvalue weighted by atomic mass is 9.78. The quantitative estimate of drug-likeness (QED) is 0.412. The van der Waals surface area contributed by atoms with Gasteiger partial charge in [0.1, 0.15) is 5.84 Å². The lowest BCUT2D eigenvalue weighted by Gasteiger charge is -2.46. The Morgan fingerprint density at radius 2 is 2.08 bits per heavy atom. The van der Waals surface area contributed by atoms with E-state index in [2.05, 4.69) is 10.0 Å². The Hall–Kier alpha value is -0.770. The topological polar surface area (TPSA) is 67.6 Å². The summed E-state index contributed by atoms with van der Waals surface area (Å²) >= 11 is 0. The molecule has 0 saturated carbocycles. The third-order valence-electron chi connectivity index (χ3n) is 3.15. The van der Waals surface area contributed by atoms with Crippen molar-refractivity contribution in [2.24, 2.45) is 28.5 Å². The van der Waals surface area contributed by atoms with Crippen molar-refractivity contribution in [3.63, 3.8) is 0 Å². The minimum Gasteiger partial charge on any atom is -0.358 e. The molecular weight excluding hydrogens is 152 g/mol. The molecule has 0 radical (unpaired) electrons. The van der Waals surface area contributed by atoms with E-state index in [1.807, 2.05) is 0 Å². The molecular formula is C8H16N4. The maximum atomic E-state index is 5.69. The number of nitrogens with zero attached hydrogens (tertiary/aromatic N) is 2. The van der Waals surface area contributed by atoms with E-state index in [0.717, 1.165) is 24.8 Å². The fourth-order valence-corrected chi connectivity index (χ4v) is 2.45. The Bertz CT molecular complexity index is 193. The SMILES string of the molecule is NCC1/C(=N/N)N2CCC1CC2. The van der Waals surface area contributed by atoms with Crippen molar-refractivity contribution in [3.05, 3.63) is 0 Å². The van der Waals surface area contributed by atoms with Crippen LogP contribution in [0.15, 0.2) is 5.10 Å². The molecule has 3 fully saturated rings. The number of hydrogen-bond donors (Lipinski definition) is 2. The second kappa shape index (κ2) is 2.94. The van der Waals surface area contributed by atoms with E-state index in [1.54, 1.807) is 0 Å². The fraction of sp³-hybridized carbons (Fsp3) is 0.875. The number of piperidine rings is 3. The van der Waals surface area contributed by atoms with Crippen LogP contribution in [0.25, 0.3) is 0 Å². The number of rotatable bonds is 1. The van der Waals surface area contributed by atoms with Crippen molar-refractivity contribution in [1.29, 1.82) is 0 Å². The van der Waals surface area contributed by atoms with Crippen LogP contribution < -0.4 is 11.6 Å². The summed E-state index contributed by atoms with van der Waals surface area (Å²) in [5, 5.41) is 3.85. The molecule has 3 saturated heterocycles. The average Bonchev–Trinajstić information content (AvgIpc) is 2.18. The highest BCUT2D eigenvalue weighted by atomic mass is 15.3. The minimum atomic E-state index is 0.428. The number of amidine groups is 1. The highest BCUT2D eigenvalue weighted by Crippen LogP contribution is 2.33. The van der Waals surface area contributed by atoms with Crippen molar-refractivity contribution >= 4 is 5.84 Å². The summed E-state index contributed by atoms with van der Waals surface area (Å²) in [7, 11) is 0.